The number of rotatable bonds is 5. The van der Waals surface area contributed by atoms with E-state index in [1.807, 2.05) is 6.92 Å². The summed E-state index contributed by atoms with van der Waals surface area (Å²) < 4.78 is 92.1. The highest BCUT2D eigenvalue weighted by Gasteiger charge is 2.40. The van der Waals surface area contributed by atoms with Crippen LogP contribution in [0.4, 0.5) is 32.0 Å². The van der Waals surface area contributed by atoms with Crippen LogP contribution < -0.4 is 10.6 Å². The van der Waals surface area contributed by atoms with Crippen LogP contribution in [0.3, 0.4) is 0 Å². The molecule has 4 rings (SSSR count). The monoisotopic (exact) mass is 503 g/mol. The number of hydrogen-bond donors (Lipinski definition) is 0. The fourth-order valence-corrected chi connectivity index (χ4v) is 4.10. The van der Waals surface area contributed by atoms with Gasteiger partial charge in [-0.25, -0.2) is 9.18 Å². The Labute approximate surface area is 196 Å². The Morgan fingerprint density at radius 3 is 2.49 bits per heavy atom. The first-order chi connectivity index (χ1) is 16.3. The summed E-state index contributed by atoms with van der Waals surface area (Å²) in [5, 5.41) is 4.14. The molecule has 1 saturated heterocycles. The third kappa shape index (κ3) is 4.68. The Morgan fingerprint density at radius 2 is 1.89 bits per heavy atom. The van der Waals surface area contributed by atoms with Gasteiger partial charge in [-0.3, -0.25) is 13.8 Å². The van der Waals surface area contributed by atoms with Gasteiger partial charge >= 0.3 is 18.0 Å². The van der Waals surface area contributed by atoms with Crippen LogP contribution in [-0.4, -0.2) is 44.7 Å². The van der Waals surface area contributed by atoms with Crippen molar-refractivity contribution in [2.75, 3.05) is 24.6 Å². The lowest BCUT2D eigenvalue weighted by atomic mass is 10.1. The van der Waals surface area contributed by atoms with E-state index in [1.54, 1.807) is 24.0 Å². The number of nitrogens with zero attached hydrogens (tertiary/aromatic N) is 5. The van der Waals surface area contributed by atoms with E-state index in [2.05, 4.69) is 9.84 Å². The quantitative estimate of drug-likeness (QED) is 0.492. The Morgan fingerprint density at radius 1 is 1.17 bits per heavy atom. The molecular formula is C22H23F6N5O2. The van der Waals surface area contributed by atoms with E-state index in [4.69, 9.17) is 0 Å². The van der Waals surface area contributed by atoms with E-state index in [1.165, 1.54) is 11.5 Å². The highest BCUT2D eigenvalue weighted by atomic mass is 19.4. The van der Waals surface area contributed by atoms with Gasteiger partial charge in [0.05, 0.1) is 30.6 Å². The summed E-state index contributed by atoms with van der Waals surface area (Å²) in [5.41, 5.74) is -2.07. The molecule has 0 saturated carbocycles. The molecule has 2 aromatic heterocycles. The summed E-state index contributed by atoms with van der Waals surface area (Å²) in [6, 6.07) is 1.46. The van der Waals surface area contributed by atoms with Gasteiger partial charge < -0.3 is 9.64 Å². The zero-order chi connectivity index (χ0) is 25.7. The maximum Gasteiger partial charge on any atom is 0.419 e. The van der Waals surface area contributed by atoms with Crippen molar-refractivity contribution in [2.45, 2.75) is 46.1 Å². The minimum atomic E-state index is -5.12. The van der Waals surface area contributed by atoms with Crippen molar-refractivity contribution in [3.8, 4) is 5.69 Å². The van der Waals surface area contributed by atoms with Crippen LogP contribution in [0.1, 0.15) is 29.4 Å². The molecule has 1 fully saturated rings. The second-order valence-electron chi connectivity index (χ2n) is 8.31. The molecule has 0 unspecified atom stereocenters. The normalized spacial score (nSPS) is 16.2. The van der Waals surface area contributed by atoms with Crippen LogP contribution in [0.25, 0.3) is 5.69 Å². The van der Waals surface area contributed by atoms with Crippen LogP contribution in [0.15, 0.2) is 29.3 Å². The van der Waals surface area contributed by atoms with Gasteiger partial charge in [-0.1, -0.05) is 0 Å². The molecule has 0 atom stereocenters. The molecule has 35 heavy (non-hydrogen) atoms. The zero-order valence-corrected chi connectivity index (χ0v) is 19.2. The summed E-state index contributed by atoms with van der Waals surface area (Å²) in [7, 11) is 0. The molecule has 1 aliphatic heterocycles. The molecular weight excluding hydrogens is 480 g/mol. The molecule has 3 aromatic rings. The van der Waals surface area contributed by atoms with Gasteiger partial charge in [-0.05, 0) is 32.9 Å². The van der Waals surface area contributed by atoms with Crippen molar-refractivity contribution in [3.63, 3.8) is 0 Å². The number of benzene rings is 1. The van der Waals surface area contributed by atoms with E-state index in [-0.39, 0.29) is 24.5 Å². The third-order valence-corrected chi connectivity index (χ3v) is 6.04. The maximum absolute atomic E-state index is 15.2. The lowest BCUT2D eigenvalue weighted by molar-refractivity contribution is -0.240. The number of halogens is 6. The van der Waals surface area contributed by atoms with E-state index in [0.717, 1.165) is 15.5 Å². The first-order valence-corrected chi connectivity index (χ1v) is 10.8. The first-order valence-electron chi connectivity index (χ1n) is 10.8. The van der Waals surface area contributed by atoms with Crippen LogP contribution in [0.2, 0.25) is 0 Å². The number of aryl methyl sites for hydroxylation is 1. The molecule has 7 nitrogen and oxygen atoms in total. The fraction of sp³-hybridized carbons (Fsp3) is 0.455. The van der Waals surface area contributed by atoms with Crippen molar-refractivity contribution >= 4 is 5.69 Å². The van der Waals surface area contributed by atoms with E-state index < -0.39 is 48.2 Å². The van der Waals surface area contributed by atoms with Gasteiger partial charge in [0, 0.05) is 41.9 Å². The van der Waals surface area contributed by atoms with Gasteiger partial charge in [-0.2, -0.15) is 27.1 Å². The smallest absolute Gasteiger partial charge is 0.360 e. The van der Waals surface area contributed by atoms with Crippen LogP contribution in [0.5, 0.6) is 0 Å². The molecule has 190 valence electrons. The third-order valence-electron chi connectivity index (χ3n) is 6.04. The predicted molar refractivity (Wildman–Crippen MR) is 115 cm³/mol. The summed E-state index contributed by atoms with van der Waals surface area (Å²) in [4.78, 5) is 14.3. The van der Waals surface area contributed by atoms with Gasteiger partial charge in [0.1, 0.15) is 6.54 Å². The molecule has 13 heteroatoms. The molecule has 1 aromatic carbocycles. The van der Waals surface area contributed by atoms with Gasteiger partial charge in [0.25, 0.3) is 0 Å². The fourth-order valence-electron chi connectivity index (χ4n) is 4.10. The van der Waals surface area contributed by atoms with E-state index >= 15 is 4.39 Å². The first kappa shape index (κ1) is 24.9. The number of morpholine rings is 1. The van der Waals surface area contributed by atoms with Crippen molar-refractivity contribution in [1.82, 2.24) is 18.9 Å². The molecule has 0 N–H and O–H groups in total. The van der Waals surface area contributed by atoms with Gasteiger partial charge in [0.2, 0.25) is 0 Å². The van der Waals surface area contributed by atoms with E-state index in [9.17, 15) is 26.7 Å². The number of aromatic nitrogens is 4. The molecule has 0 bridgehead atoms. The van der Waals surface area contributed by atoms with Crippen molar-refractivity contribution in [1.29, 1.82) is 0 Å². The number of ether oxygens (including phenoxy) is 1. The topological polar surface area (TPSA) is 57.2 Å². The van der Waals surface area contributed by atoms with Crippen LogP contribution in [-0.2, 0) is 24.0 Å². The summed E-state index contributed by atoms with van der Waals surface area (Å²) in [6.45, 7) is 4.05. The van der Waals surface area contributed by atoms with Gasteiger partial charge in [-0.15, -0.1) is 0 Å². The molecule has 0 radical (unpaired) electrons. The van der Waals surface area contributed by atoms with E-state index in [0.29, 0.717) is 23.9 Å². The molecule has 0 aliphatic carbocycles. The lowest BCUT2D eigenvalue weighted by Crippen LogP contribution is -2.46. The second-order valence-corrected chi connectivity index (χ2v) is 8.31. The molecule has 1 aliphatic rings. The van der Waals surface area contributed by atoms with Crippen LogP contribution >= 0.6 is 0 Å². The standard InChI is InChI=1S/C22H23F6N5O2/c1-4-31-10-15(9-29-31)11-32-13(2)14(3)33(20(32)34)18-8-16(7-17(19(18)23)22(26,27)28)30-5-6-35-21(24,25)12-30/h7-10H,4-6,11-12H2,1-3H3. The molecule has 0 spiro atoms. The second kappa shape index (κ2) is 8.77. The maximum atomic E-state index is 15.2. The highest BCUT2D eigenvalue weighted by molar-refractivity contribution is 5.58. The predicted octanol–water partition coefficient (Wildman–Crippen LogP) is 4.11. The van der Waals surface area contributed by atoms with Crippen molar-refractivity contribution in [3.05, 3.63) is 63.3 Å². The summed E-state index contributed by atoms with van der Waals surface area (Å²) in [6.07, 6.45) is -5.42. The minimum absolute atomic E-state index is 0.0711. The summed E-state index contributed by atoms with van der Waals surface area (Å²) >= 11 is 0. The number of hydrogen-bond acceptors (Lipinski definition) is 4. The zero-order valence-electron chi connectivity index (χ0n) is 19.2. The number of imidazole rings is 1. The minimum Gasteiger partial charge on any atom is -0.360 e. The lowest BCUT2D eigenvalue weighted by Gasteiger charge is -2.34. The SMILES string of the molecule is CCn1cc(Cn2c(C)c(C)n(-c3cc(N4CCOC(F)(F)C4)cc(C(F)(F)F)c3F)c2=O)cn1. The average Bonchev–Trinajstić information content (AvgIpc) is 3.31. The Bertz CT molecular complexity index is 1310. The Hall–Kier alpha value is -3.22. The van der Waals surface area contributed by atoms with Crippen LogP contribution in [0, 0.1) is 19.7 Å². The summed E-state index contributed by atoms with van der Waals surface area (Å²) in [5.74, 6) is -1.66. The number of anilines is 1. The van der Waals surface area contributed by atoms with Crippen molar-refractivity contribution < 1.29 is 31.1 Å². The van der Waals surface area contributed by atoms with Crippen molar-refractivity contribution in [2.24, 2.45) is 0 Å². The Balaban J connectivity index is 1.87. The average molecular weight is 503 g/mol. The highest BCUT2D eigenvalue weighted by Crippen LogP contribution is 2.38. The largest absolute Gasteiger partial charge is 0.419 e. The van der Waals surface area contributed by atoms with Gasteiger partial charge in [0.15, 0.2) is 5.82 Å². The molecule has 3 heterocycles. The number of alkyl halides is 5. The molecule has 0 amide bonds. The Kier molecular flexibility index (Phi) is 6.24.